The molecule has 6 heteroatoms. The van der Waals surface area contributed by atoms with Crippen molar-refractivity contribution in [2.75, 3.05) is 10.2 Å². The minimum Gasteiger partial charge on any atom is -0.352 e. The smallest absolute Gasteiger partial charge is 0.238 e. The highest BCUT2D eigenvalue weighted by Crippen LogP contribution is 2.58. The molecule has 4 aromatic carbocycles. The number of hydrogen-bond acceptors (Lipinski definition) is 4. The number of Topliss-reactive ketones (excluding diaryl/α,β-unsaturated/α-hetero) is 2. The molecule has 5 nitrogen and oxygen atoms in total. The molecule has 0 aromatic heterocycles. The number of halogens is 1. The van der Waals surface area contributed by atoms with Crippen LogP contribution in [0.25, 0.3) is 6.08 Å². The number of nitrogens with one attached hydrogen (secondary N) is 1. The van der Waals surface area contributed by atoms with Crippen LogP contribution in [-0.4, -0.2) is 29.6 Å². The minimum atomic E-state index is -1.34. The topological polar surface area (TPSA) is 66.5 Å². The van der Waals surface area contributed by atoms with E-state index in [1.807, 2.05) is 95.9 Å². The summed E-state index contributed by atoms with van der Waals surface area (Å²) in [5, 5.41) is 3.65. The number of fused-ring (bicyclic) bond motifs is 6. The minimum absolute atomic E-state index is 0.203. The number of nitrogens with zero attached hydrogens (tertiary/aromatic N) is 1. The molecule has 3 aliphatic heterocycles. The van der Waals surface area contributed by atoms with Crippen LogP contribution in [0.5, 0.6) is 0 Å². The molecule has 3 heterocycles. The fourth-order valence-corrected chi connectivity index (χ4v) is 7.56. The van der Waals surface area contributed by atoms with Crippen LogP contribution in [0.1, 0.15) is 51.3 Å². The first-order valence-corrected chi connectivity index (χ1v) is 15.1. The fraction of sp³-hybridized carbons (Fsp3) is 0.216. The first-order valence-electron chi connectivity index (χ1n) is 14.7. The van der Waals surface area contributed by atoms with Crippen molar-refractivity contribution in [1.29, 1.82) is 0 Å². The lowest BCUT2D eigenvalue weighted by molar-refractivity contribution is -0.121. The molecule has 7 rings (SSSR count). The Morgan fingerprint density at radius 1 is 0.884 bits per heavy atom. The average molecular weight is 587 g/mol. The third kappa shape index (κ3) is 4.17. The molecule has 4 atom stereocenters. The molecule has 1 fully saturated rings. The van der Waals surface area contributed by atoms with Gasteiger partial charge in [0.05, 0.1) is 12.0 Å². The van der Waals surface area contributed by atoms with Crippen molar-refractivity contribution in [2.45, 2.75) is 37.8 Å². The molecule has 1 N–H and O–H groups in total. The van der Waals surface area contributed by atoms with Gasteiger partial charge in [-0.1, -0.05) is 110 Å². The van der Waals surface area contributed by atoms with Crippen molar-refractivity contribution >= 4 is 46.5 Å². The van der Waals surface area contributed by atoms with E-state index in [0.717, 1.165) is 28.8 Å². The number of amides is 1. The SMILES string of the molecule is CC(C)Cc1ccc(C(=O)C2C(C(=O)c3ccccc3)N3c4ccc(Cl)cc4C=CC3C23C(=O)Nc2ccccc23)cc1. The third-order valence-corrected chi connectivity index (χ3v) is 9.32. The van der Waals surface area contributed by atoms with Crippen molar-refractivity contribution < 1.29 is 14.4 Å². The zero-order chi connectivity index (χ0) is 29.9. The van der Waals surface area contributed by atoms with Crippen LogP contribution >= 0.6 is 11.6 Å². The Balaban J connectivity index is 1.49. The lowest BCUT2D eigenvalue weighted by Crippen LogP contribution is -2.51. The van der Waals surface area contributed by atoms with Crippen LogP contribution in [0.3, 0.4) is 0 Å². The Bertz CT molecular complexity index is 1800. The van der Waals surface area contributed by atoms with Gasteiger partial charge in [-0.25, -0.2) is 0 Å². The average Bonchev–Trinajstić information content (AvgIpc) is 3.49. The monoisotopic (exact) mass is 586 g/mol. The summed E-state index contributed by atoms with van der Waals surface area (Å²) in [6.45, 7) is 4.32. The number of hydrogen-bond donors (Lipinski definition) is 1. The predicted octanol–water partition coefficient (Wildman–Crippen LogP) is 7.39. The Morgan fingerprint density at radius 2 is 1.58 bits per heavy atom. The second kappa shape index (κ2) is 10.4. The summed E-state index contributed by atoms with van der Waals surface area (Å²) in [5.74, 6) is -1.23. The summed E-state index contributed by atoms with van der Waals surface area (Å²) in [7, 11) is 0. The van der Waals surface area contributed by atoms with Crippen molar-refractivity contribution in [2.24, 2.45) is 11.8 Å². The maximum absolute atomic E-state index is 14.9. The Labute approximate surface area is 256 Å². The van der Waals surface area contributed by atoms with Crippen molar-refractivity contribution in [3.63, 3.8) is 0 Å². The summed E-state index contributed by atoms with van der Waals surface area (Å²) in [6.07, 6.45) is 4.81. The number of carbonyl (C=O) groups excluding carboxylic acids is 3. The largest absolute Gasteiger partial charge is 0.352 e. The van der Waals surface area contributed by atoms with Crippen LogP contribution in [0.2, 0.25) is 5.02 Å². The number of carbonyl (C=O) groups is 3. The first-order chi connectivity index (χ1) is 20.8. The van der Waals surface area contributed by atoms with Crippen LogP contribution in [0.15, 0.2) is 103 Å². The van der Waals surface area contributed by atoms with Gasteiger partial charge in [-0.2, -0.15) is 0 Å². The zero-order valence-corrected chi connectivity index (χ0v) is 24.7. The quantitative estimate of drug-likeness (QED) is 0.239. The maximum Gasteiger partial charge on any atom is 0.238 e. The van der Waals surface area contributed by atoms with Crippen LogP contribution in [-0.2, 0) is 16.6 Å². The Hall–Kier alpha value is -4.48. The lowest BCUT2D eigenvalue weighted by atomic mass is 9.64. The van der Waals surface area contributed by atoms with Gasteiger partial charge in [0.1, 0.15) is 11.5 Å². The van der Waals surface area contributed by atoms with E-state index in [4.69, 9.17) is 11.6 Å². The summed E-state index contributed by atoms with van der Waals surface area (Å²) >= 11 is 6.39. The van der Waals surface area contributed by atoms with Gasteiger partial charge in [0.2, 0.25) is 5.91 Å². The van der Waals surface area contributed by atoms with E-state index in [-0.39, 0.29) is 17.5 Å². The van der Waals surface area contributed by atoms with Crippen LogP contribution in [0, 0.1) is 11.8 Å². The second-order valence-corrected chi connectivity index (χ2v) is 12.5. The third-order valence-electron chi connectivity index (χ3n) is 9.09. The number of ketones is 2. The van der Waals surface area contributed by atoms with Gasteiger partial charge in [-0.05, 0) is 53.3 Å². The van der Waals surface area contributed by atoms with Gasteiger partial charge in [-0.3, -0.25) is 14.4 Å². The van der Waals surface area contributed by atoms with Gasteiger partial charge in [0, 0.05) is 27.5 Å². The van der Waals surface area contributed by atoms with Gasteiger partial charge >= 0.3 is 0 Å². The highest BCUT2D eigenvalue weighted by Gasteiger charge is 2.70. The summed E-state index contributed by atoms with van der Waals surface area (Å²) in [4.78, 5) is 46.1. The molecule has 3 aliphatic rings. The number of para-hydroxylation sites is 1. The van der Waals surface area contributed by atoms with Gasteiger partial charge in [-0.15, -0.1) is 0 Å². The van der Waals surface area contributed by atoms with Crippen molar-refractivity contribution in [3.8, 4) is 0 Å². The second-order valence-electron chi connectivity index (χ2n) is 12.1. The maximum atomic E-state index is 14.9. The van der Waals surface area contributed by atoms with Gasteiger partial charge < -0.3 is 10.2 Å². The summed E-state index contributed by atoms with van der Waals surface area (Å²) in [5.41, 5.74) is 3.78. The van der Waals surface area contributed by atoms with Crippen LogP contribution < -0.4 is 10.2 Å². The zero-order valence-electron chi connectivity index (χ0n) is 24.0. The molecular weight excluding hydrogens is 556 g/mol. The molecule has 1 saturated heterocycles. The van der Waals surface area contributed by atoms with Crippen LogP contribution in [0.4, 0.5) is 11.4 Å². The Morgan fingerprint density at radius 3 is 2.33 bits per heavy atom. The molecular formula is C37H31ClN2O3. The predicted molar refractivity (Wildman–Crippen MR) is 171 cm³/mol. The molecule has 214 valence electrons. The number of benzene rings is 4. The van der Waals surface area contributed by atoms with E-state index in [1.165, 1.54) is 0 Å². The molecule has 0 bridgehead atoms. The molecule has 1 amide bonds. The standard InChI is InChI=1S/C37H31ClN2O3/c1-22(2)20-23-12-14-25(15-13-23)34(41)32-33(35(42)24-8-4-3-5-9-24)40-30-18-17-27(38)21-26(30)16-19-31(40)37(32)28-10-6-7-11-29(28)39-36(37)43/h3-19,21-22,31-33H,20H2,1-2H3,(H,39,43). The summed E-state index contributed by atoms with van der Waals surface area (Å²) in [6, 6.07) is 28.2. The summed E-state index contributed by atoms with van der Waals surface area (Å²) < 4.78 is 0. The molecule has 0 aliphatic carbocycles. The van der Waals surface area contributed by atoms with E-state index in [0.29, 0.717) is 27.8 Å². The van der Waals surface area contributed by atoms with E-state index >= 15 is 0 Å². The molecule has 4 aromatic rings. The highest BCUT2D eigenvalue weighted by molar-refractivity contribution is 6.31. The van der Waals surface area contributed by atoms with E-state index in [2.05, 4.69) is 19.2 Å². The van der Waals surface area contributed by atoms with Gasteiger partial charge in [0.25, 0.3) is 0 Å². The normalized spacial score (nSPS) is 23.2. The van der Waals surface area contributed by atoms with Crippen molar-refractivity contribution in [1.82, 2.24) is 0 Å². The molecule has 0 saturated carbocycles. The highest BCUT2D eigenvalue weighted by atomic mass is 35.5. The van der Waals surface area contributed by atoms with Gasteiger partial charge in [0.15, 0.2) is 11.6 Å². The van der Waals surface area contributed by atoms with E-state index in [9.17, 15) is 14.4 Å². The molecule has 1 spiro atoms. The van der Waals surface area contributed by atoms with E-state index in [1.54, 1.807) is 18.2 Å². The Kier molecular flexibility index (Phi) is 6.59. The fourth-order valence-electron chi connectivity index (χ4n) is 7.38. The molecule has 4 unspecified atom stereocenters. The van der Waals surface area contributed by atoms with Crippen molar-refractivity contribution in [3.05, 3.63) is 136 Å². The number of anilines is 2. The van der Waals surface area contributed by atoms with E-state index < -0.39 is 23.4 Å². The molecule has 43 heavy (non-hydrogen) atoms. The number of rotatable bonds is 6. The first kappa shape index (κ1) is 27.4. The molecule has 0 radical (unpaired) electrons. The lowest BCUT2D eigenvalue weighted by Gasteiger charge is -2.37.